The van der Waals surface area contributed by atoms with E-state index in [0.29, 0.717) is 0 Å². The lowest BCUT2D eigenvalue weighted by atomic mass is 10.3. The van der Waals surface area contributed by atoms with Gasteiger partial charge in [-0.2, -0.15) is 0 Å². The molecule has 0 atom stereocenters. The highest BCUT2D eigenvalue weighted by molar-refractivity contribution is 14.0. The summed E-state index contributed by atoms with van der Waals surface area (Å²) in [5.74, 6) is 0.949. The highest BCUT2D eigenvalue weighted by Crippen LogP contribution is 2.14. The Balaban J connectivity index is 0.00000529. The Morgan fingerprint density at radius 1 is 1.29 bits per heavy atom. The maximum absolute atomic E-state index is 4.39. The molecule has 0 saturated carbocycles. The fourth-order valence-corrected chi connectivity index (χ4v) is 3.20. The number of halogens is 2. The lowest BCUT2D eigenvalue weighted by Gasteiger charge is -2.23. The van der Waals surface area contributed by atoms with E-state index in [2.05, 4.69) is 80.8 Å². The number of aliphatic imine (C=N–C) groups is 1. The minimum atomic E-state index is 0. The summed E-state index contributed by atoms with van der Waals surface area (Å²) in [6.07, 6.45) is 4.46. The van der Waals surface area contributed by atoms with Crippen LogP contribution in [0.3, 0.4) is 0 Å². The molecule has 0 radical (unpaired) electrons. The lowest BCUT2D eigenvalue weighted by Crippen LogP contribution is -2.39. The number of nitrogens with zero attached hydrogens (tertiary/aromatic N) is 4. The number of guanidine groups is 1. The van der Waals surface area contributed by atoms with Crippen LogP contribution in [0.15, 0.2) is 21.7 Å². The number of hydrogen-bond donors (Lipinski definition) is 1. The molecular formula is C17H33BrIN5. The highest BCUT2D eigenvalue weighted by atomic mass is 127. The molecule has 1 aromatic heterocycles. The Morgan fingerprint density at radius 3 is 2.46 bits per heavy atom. The lowest BCUT2D eigenvalue weighted by molar-refractivity contribution is 0.297. The maximum Gasteiger partial charge on any atom is 0.193 e. The second-order valence-corrected chi connectivity index (χ2v) is 6.74. The molecule has 0 spiro atoms. The van der Waals surface area contributed by atoms with Gasteiger partial charge in [-0.15, -0.1) is 24.0 Å². The van der Waals surface area contributed by atoms with Crippen LogP contribution < -0.4 is 5.32 Å². The van der Waals surface area contributed by atoms with Crippen molar-refractivity contribution in [1.29, 1.82) is 0 Å². The molecule has 0 unspecified atom stereocenters. The monoisotopic (exact) mass is 513 g/mol. The van der Waals surface area contributed by atoms with Crippen molar-refractivity contribution in [1.82, 2.24) is 19.7 Å². The van der Waals surface area contributed by atoms with E-state index in [9.17, 15) is 0 Å². The Labute approximate surface area is 173 Å². The number of hydrogen-bond acceptors (Lipinski definition) is 2. The molecule has 0 amide bonds. The molecule has 0 fully saturated rings. The summed E-state index contributed by atoms with van der Waals surface area (Å²) in [5, 5.41) is 3.46. The molecule has 1 aromatic rings. The summed E-state index contributed by atoms with van der Waals surface area (Å²) in [4.78, 5) is 9.01. The first-order chi connectivity index (χ1) is 11.0. The second kappa shape index (κ2) is 13.0. The number of aryl methyl sites for hydroxylation is 1. The normalized spacial score (nSPS) is 11.5. The SMILES string of the molecule is CCN(CC)CCCCNC(=NC)N(C)Cc1cc(Br)cn1C.I. The Hall–Kier alpha value is -0.280. The van der Waals surface area contributed by atoms with Gasteiger partial charge >= 0.3 is 0 Å². The summed E-state index contributed by atoms with van der Waals surface area (Å²) < 4.78 is 3.25. The third-order valence-corrected chi connectivity index (χ3v) is 4.56. The molecule has 0 saturated heterocycles. The number of aromatic nitrogens is 1. The van der Waals surface area contributed by atoms with Gasteiger partial charge in [-0.1, -0.05) is 13.8 Å². The van der Waals surface area contributed by atoms with E-state index in [1.165, 1.54) is 25.1 Å². The fraction of sp³-hybridized carbons (Fsp3) is 0.706. The predicted octanol–water partition coefficient (Wildman–Crippen LogP) is 3.53. The molecule has 0 bridgehead atoms. The van der Waals surface area contributed by atoms with Crippen LogP contribution in [0.1, 0.15) is 32.4 Å². The predicted molar refractivity (Wildman–Crippen MR) is 118 cm³/mol. The van der Waals surface area contributed by atoms with Crippen molar-refractivity contribution >= 4 is 45.9 Å². The van der Waals surface area contributed by atoms with Crippen LogP contribution in [0.25, 0.3) is 0 Å². The maximum atomic E-state index is 4.39. The van der Waals surface area contributed by atoms with Crippen LogP contribution in [-0.4, -0.2) is 60.6 Å². The molecule has 0 aliphatic carbocycles. The van der Waals surface area contributed by atoms with Gasteiger partial charge in [-0.3, -0.25) is 4.99 Å². The molecule has 0 aliphatic heterocycles. The van der Waals surface area contributed by atoms with Crippen LogP contribution in [0.4, 0.5) is 0 Å². The van der Waals surface area contributed by atoms with Gasteiger partial charge in [-0.05, 0) is 54.5 Å². The van der Waals surface area contributed by atoms with E-state index in [4.69, 9.17) is 0 Å². The van der Waals surface area contributed by atoms with E-state index in [-0.39, 0.29) is 24.0 Å². The quantitative estimate of drug-likeness (QED) is 0.237. The zero-order valence-electron chi connectivity index (χ0n) is 15.7. The van der Waals surface area contributed by atoms with Crippen LogP contribution in [0.5, 0.6) is 0 Å². The summed E-state index contributed by atoms with van der Waals surface area (Å²) in [5.41, 5.74) is 1.25. The van der Waals surface area contributed by atoms with Crippen molar-refractivity contribution in [2.24, 2.45) is 12.0 Å². The smallest absolute Gasteiger partial charge is 0.193 e. The van der Waals surface area contributed by atoms with Crippen molar-refractivity contribution < 1.29 is 0 Å². The Morgan fingerprint density at radius 2 is 1.96 bits per heavy atom. The van der Waals surface area contributed by atoms with Gasteiger partial charge in [-0.25, -0.2) is 0 Å². The summed E-state index contributed by atoms with van der Waals surface area (Å²) >= 11 is 3.52. The molecule has 140 valence electrons. The molecule has 0 aromatic carbocycles. The molecule has 24 heavy (non-hydrogen) atoms. The highest BCUT2D eigenvalue weighted by Gasteiger charge is 2.09. The third-order valence-electron chi connectivity index (χ3n) is 4.13. The van der Waals surface area contributed by atoms with Crippen molar-refractivity contribution in [3.05, 3.63) is 22.4 Å². The molecule has 1 heterocycles. The average molecular weight is 514 g/mol. The van der Waals surface area contributed by atoms with E-state index >= 15 is 0 Å². The first kappa shape index (κ1) is 23.7. The minimum Gasteiger partial charge on any atom is -0.356 e. The van der Waals surface area contributed by atoms with Gasteiger partial charge in [0, 0.05) is 44.1 Å². The number of unbranched alkanes of at least 4 members (excludes halogenated alkanes) is 1. The van der Waals surface area contributed by atoms with Crippen molar-refractivity contribution in [3.63, 3.8) is 0 Å². The van der Waals surface area contributed by atoms with Crippen molar-refractivity contribution in [2.75, 3.05) is 40.3 Å². The van der Waals surface area contributed by atoms with Gasteiger partial charge in [0.15, 0.2) is 5.96 Å². The summed E-state index contributed by atoms with van der Waals surface area (Å²) in [6.45, 7) is 9.71. The van der Waals surface area contributed by atoms with Gasteiger partial charge < -0.3 is 19.7 Å². The van der Waals surface area contributed by atoms with Crippen LogP contribution in [0, 0.1) is 0 Å². The van der Waals surface area contributed by atoms with Gasteiger partial charge in [0.05, 0.1) is 6.54 Å². The second-order valence-electron chi connectivity index (χ2n) is 5.82. The zero-order valence-corrected chi connectivity index (χ0v) is 19.6. The Bertz CT molecular complexity index is 485. The number of rotatable bonds is 9. The van der Waals surface area contributed by atoms with E-state index in [1.54, 1.807) is 0 Å². The molecule has 5 nitrogen and oxygen atoms in total. The molecule has 0 aliphatic rings. The average Bonchev–Trinajstić information content (AvgIpc) is 2.84. The fourth-order valence-electron chi connectivity index (χ4n) is 2.63. The molecule has 7 heteroatoms. The zero-order chi connectivity index (χ0) is 17.2. The van der Waals surface area contributed by atoms with Crippen LogP contribution in [-0.2, 0) is 13.6 Å². The van der Waals surface area contributed by atoms with E-state index < -0.39 is 0 Å². The summed E-state index contributed by atoms with van der Waals surface area (Å²) in [7, 11) is 5.99. The first-order valence-electron chi connectivity index (χ1n) is 8.46. The van der Waals surface area contributed by atoms with Crippen molar-refractivity contribution in [3.8, 4) is 0 Å². The minimum absolute atomic E-state index is 0. The molecule has 1 rings (SSSR count). The van der Waals surface area contributed by atoms with Gasteiger partial charge in [0.25, 0.3) is 0 Å². The van der Waals surface area contributed by atoms with Gasteiger partial charge in [0.2, 0.25) is 0 Å². The standard InChI is InChI=1S/C17H32BrN5.HI/c1-6-23(7-2)11-9-8-10-20-17(19-3)22(5)14-16-12-15(18)13-21(16)4;/h12-13H,6-11,14H2,1-5H3,(H,19,20);1H. The molecule has 1 N–H and O–H groups in total. The first-order valence-corrected chi connectivity index (χ1v) is 9.25. The Kier molecular flexibility index (Phi) is 12.8. The van der Waals surface area contributed by atoms with Crippen molar-refractivity contribution in [2.45, 2.75) is 33.2 Å². The van der Waals surface area contributed by atoms with E-state index in [0.717, 1.165) is 36.6 Å². The van der Waals surface area contributed by atoms with E-state index in [1.807, 2.05) is 7.05 Å². The number of nitrogens with one attached hydrogen (secondary N) is 1. The topological polar surface area (TPSA) is 35.8 Å². The van der Waals surface area contributed by atoms with Gasteiger partial charge in [0.1, 0.15) is 0 Å². The van der Waals surface area contributed by atoms with Crippen LogP contribution >= 0.6 is 39.9 Å². The molecular weight excluding hydrogens is 481 g/mol. The third kappa shape index (κ3) is 8.20. The largest absolute Gasteiger partial charge is 0.356 e. The summed E-state index contributed by atoms with van der Waals surface area (Å²) in [6, 6.07) is 2.15. The van der Waals surface area contributed by atoms with Crippen LogP contribution in [0.2, 0.25) is 0 Å².